The lowest BCUT2D eigenvalue weighted by atomic mass is 9.93. The van der Waals surface area contributed by atoms with Gasteiger partial charge in [-0.05, 0) is 78.8 Å². The third-order valence-electron chi connectivity index (χ3n) is 3.73. The molecule has 0 radical (unpaired) electrons. The number of rotatable bonds is 4. The third kappa shape index (κ3) is 2.96. The highest BCUT2D eigenvalue weighted by molar-refractivity contribution is 5.71. The van der Waals surface area contributed by atoms with Crippen molar-refractivity contribution in [1.29, 1.82) is 0 Å². The van der Waals surface area contributed by atoms with Gasteiger partial charge in [-0.25, -0.2) is 0 Å². The molecule has 0 amide bonds. The van der Waals surface area contributed by atoms with Crippen LogP contribution in [0.3, 0.4) is 0 Å². The number of aromatic hydroxyl groups is 2. The van der Waals surface area contributed by atoms with Crippen LogP contribution in [0.15, 0.2) is 30.3 Å². The average molecular weight is 270 g/mol. The molecule has 2 heteroatoms. The predicted octanol–water partition coefficient (Wildman–Crippen LogP) is 4.72. The summed E-state index contributed by atoms with van der Waals surface area (Å²) in [6.07, 6.45) is 3.19. The maximum Gasteiger partial charge on any atom is 0.118 e. The first kappa shape index (κ1) is 14.4. The molecule has 20 heavy (non-hydrogen) atoms. The number of hydrogen-bond donors (Lipinski definition) is 2. The van der Waals surface area contributed by atoms with E-state index in [1.54, 1.807) is 6.07 Å². The lowest BCUT2D eigenvalue weighted by molar-refractivity contribution is 0.470. The summed E-state index contributed by atoms with van der Waals surface area (Å²) in [7, 11) is 0. The first-order valence-corrected chi connectivity index (χ1v) is 7.15. The van der Waals surface area contributed by atoms with Crippen LogP contribution in [0.4, 0.5) is 0 Å². The second kappa shape index (κ2) is 6.00. The molecule has 0 saturated heterocycles. The molecule has 0 aromatic heterocycles. The summed E-state index contributed by atoms with van der Waals surface area (Å²) in [4.78, 5) is 0. The fourth-order valence-corrected chi connectivity index (χ4v) is 2.41. The summed E-state index contributed by atoms with van der Waals surface area (Å²) in [5, 5.41) is 19.6. The van der Waals surface area contributed by atoms with Crippen molar-refractivity contribution in [2.45, 2.75) is 40.0 Å². The lowest BCUT2D eigenvalue weighted by Crippen LogP contribution is -1.93. The van der Waals surface area contributed by atoms with Crippen LogP contribution >= 0.6 is 0 Å². The molecule has 2 N–H and O–H groups in total. The maximum absolute atomic E-state index is 9.93. The van der Waals surface area contributed by atoms with E-state index >= 15 is 0 Å². The average Bonchev–Trinajstić information content (AvgIpc) is 2.43. The molecule has 0 bridgehead atoms. The largest absolute Gasteiger partial charge is 0.508 e. The molecule has 0 aliphatic carbocycles. The van der Waals surface area contributed by atoms with Gasteiger partial charge in [0.2, 0.25) is 0 Å². The van der Waals surface area contributed by atoms with E-state index < -0.39 is 0 Å². The summed E-state index contributed by atoms with van der Waals surface area (Å²) in [6, 6.07) is 9.57. The Morgan fingerprint density at radius 2 is 1.60 bits per heavy atom. The van der Waals surface area contributed by atoms with E-state index in [9.17, 15) is 10.2 Å². The van der Waals surface area contributed by atoms with E-state index in [0.717, 1.165) is 41.5 Å². The highest BCUT2D eigenvalue weighted by Crippen LogP contribution is 2.33. The Labute approximate surface area is 120 Å². The number of benzene rings is 2. The topological polar surface area (TPSA) is 40.5 Å². The minimum Gasteiger partial charge on any atom is -0.508 e. The molecule has 0 spiro atoms. The molecule has 2 nitrogen and oxygen atoms in total. The smallest absolute Gasteiger partial charge is 0.118 e. The first-order chi connectivity index (χ1) is 9.52. The lowest BCUT2D eigenvalue weighted by Gasteiger charge is -2.13. The van der Waals surface area contributed by atoms with E-state index in [1.807, 2.05) is 38.1 Å². The SMILES string of the molecule is CCCCc1cc(O)c(C)cc1-c1ccc(O)c(C)c1. The molecular weight excluding hydrogens is 248 g/mol. The molecular formula is C18H22O2. The summed E-state index contributed by atoms with van der Waals surface area (Å²) in [5.41, 5.74) is 5.16. The van der Waals surface area contributed by atoms with Crippen LogP contribution in [-0.4, -0.2) is 10.2 Å². The highest BCUT2D eigenvalue weighted by atomic mass is 16.3. The van der Waals surface area contributed by atoms with Crippen molar-refractivity contribution >= 4 is 0 Å². The van der Waals surface area contributed by atoms with Crippen molar-refractivity contribution in [1.82, 2.24) is 0 Å². The van der Waals surface area contributed by atoms with Crippen LogP contribution in [-0.2, 0) is 6.42 Å². The van der Waals surface area contributed by atoms with Crippen molar-refractivity contribution in [3.63, 3.8) is 0 Å². The molecule has 0 saturated carbocycles. The van der Waals surface area contributed by atoms with Crippen molar-refractivity contribution in [3.05, 3.63) is 47.0 Å². The molecule has 106 valence electrons. The van der Waals surface area contributed by atoms with Crippen LogP contribution in [0.5, 0.6) is 11.5 Å². The van der Waals surface area contributed by atoms with Crippen molar-refractivity contribution < 1.29 is 10.2 Å². The summed E-state index contributed by atoms with van der Waals surface area (Å²) in [5.74, 6) is 0.676. The Balaban J connectivity index is 2.52. The molecule has 0 heterocycles. The minimum atomic E-state index is 0.319. The summed E-state index contributed by atoms with van der Waals surface area (Å²) >= 11 is 0. The molecule has 0 aliphatic heterocycles. The highest BCUT2D eigenvalue weighted by Gasteiger charge is 2.10. The second-order valence-electron chi connectivity index (χ2n) is 5.40. The second-order valence-corrected chi connectivity index (χ2v) is 5.40. The van der Waals surface area contributed by atoms with Gasteiger partial charge in [-0.1, -0.05) is 19.4 Å². The van der Waals surface area contributed by atoms with Crippen molar-refractivity contribution in [2.24, 2.45) is 0 Å². The molecule has 0 unspecified atom stereocenters. The minimum absolute atomic E-state index is 0.319. The normalized spacial score (nSPS) is 10.8. The van der Waals surface area contributed by atoms with Gasteiger partial charge in [0.25, 0.3) is 0 Å². The van der Waals surface area contributed by atoms with Gasteiger partial charge in [0.1, 0.15) is 11.5 Å². The number of phenolic OH excluding ortho intramolecular Hbond substituents is 2. The van der Waals surface area contributed by atoms with E-state index in [4.69, 9.17) is 0 Å². The number of unbranched alkanes of at least 4 members (excludes halogenated alkanes) is 1. The fourth-order valence-electron chi connectivity index (χ4n) is 2.41. The van der Waals surface area contributed by atoms with Gasteiger partial charge in [0, 0.05) is 0 Å². The first-order valence-electron chi connectivity index (χ1n) is 7.15. The van der Waals surface area contributed by atoms with Gasteiger partial charge in [-0.3, -0.25) is 0 Å². The molecule has 2 aromatic carbocycles. The zero-order valence-electron chi connectivity index (χ0n) is 12.4. The Bertz CT molecular complexity index is 615. The van der Waals surface area contributed by atoms with Gasteiger partial charge in [0.15, 0.2) is 0 Å². The Morgan fingerprint density at radius 1 is 0.900 bits per heavy atom. The molecule has 2 aromatic rings. The van der Waals surface area contributed by atoms with E-state index in [0.29, 0.717) is 11.5 Å². The van der Waals surface area contributed by atoms with Gasteiger partial charge in [0.05, 0.1) is 0 Å². The Morgan fingerprint density at radius 3 is 2.25 bits per heavy atom. The van der Waals surface area contributed by atoms with E-state index in [1.165, 1.54) is 5.56 Å². The molecule has 0 fully saturated rings. The molecule has 0 aliphatic rings. The Kier molecular flexibility index (Phi) is 4.33. The maximum atomic E-state index is 9.93. The fraction of sp³-hybridized carbons (Fsp3) is 0.333. The Hall–Kier alpha value is -1.96. The van der Waals surface area contributed by atoms with Crippen LogP contribution in [0, 0.1) is 13.8 Å². The molecule has 0 atom stereocenters. The summed E-state index contributed by atoms with van der Waals surface area (Å²) in [6.45, 7) is 5.98. The van der Waals surface area contributed by atoms with E-state index in [2.05, 4.69) is 6.92 Å². The summed E-state index contributed by atoms with van der Waals surface area (Å²) < 4.78 is 0. The predicted molar refractivity (Wildman–Crippen MR) is 83.3 cm³/mol. The molecule has 2 rings (SSSR count). The van der Waals surface area contributed by atoms with Gasteiger partial charge in [-0.15, -0.1) is 0 Å². The van der Waals surface area contributed by atoms with Crippen molar-refractivity contribution in [3.8, 4) is 22.6 Å². The van der Waals surface area contributed by atoms with Gasteiger partial charge < -0.3 is 10.2 Å². The van der Waals surface area contributed by atoms with E-state index in [-0.39, 0.29) is 0 Å². The van der Waals surface area contributed by atoms with Gasteiger partial charge >= 0.3 is 0 Å². The van der Waals surface area contributed by atoms with Crippen LogP contribution in [0.2, 0.25) is 0 Å². The zero-order chi connectivity index (χ0) is 14.7. The number of phenols is 2. The van der Waals surface area contributed by atoms with Crippen LogP contribution in [0.25, 0.3) is 11.1 Å². The van der Waals surface area contributed by atoms with Crippen LogP contribution < -0.4 is 0 Å². The number of aryl methyl sites for hydroxylation is 3. The van der Waals surface area contributed by atoms with Crippen molar-refractivity contribution in [2.75, 3.05) is 0 Å². The van der Waals surface area contributed by atoms with Crippen LogP contribution in [0.1, 0.15) is 36.5 Å². The van der Waals surface area contributed by atoms with Gasteiger partial charge in [-0.2, -0.15) is 0 Å². The quantitative estimate of drug-likeness (QED) is 0.843. The zero-order valence-corrected chi connectivity index (χ0v) is 12.4. The standard InChI is InChI=1S/C18H22O2/c1-4-5-6-14-11-18(20)13(3)10-16(14)15-7-8-17(19)12(2)9-15/h7-11,19-20H,4-6H2,1-3H3. The third-order valence-corrected chi connectivity index (χ3v) is 3.73. The number of hydrogen-bond acceptors (Lipinski definition) is 2. The monoisotopic (exact) mass is 270 g/mol.